The Morgan fingerprint density at radius 3 is 2.13 bits per heavy atom. The van der Waals surface area contributed by atoms with Crippen molar-refractivity contribution in [2.45, 2.75) is 96.4 Å². The Balaban J connectivity index is 1.35. The van der Waals surface area contributed by atoms with Crippen molar-refractivity contribution in [3.05, 3.63) is 0 Å². The third-order valence-corrected chi connectivity index (χ3v) is 9.58. The lowest BCUT2D eigenvalue weighted by Gasteiger charge is -2.31. The van der Waals surface area contributed by atoms with E-state index < -0.39 is 48.6 Å². The summed E-state index contributed by atoms with van der Waals surface area (Å²) in [6.07, 6.45) is 3.08. The number of fused-ring (bicyclic) bond motifs is 7. The van der Waals surface area contributed by atoms with Crippen LogP contribution in [0.4, 0.5) is 0 Å². The molecule has 0 aromatic carbocycles. The number of hydrogen-bond donors (Lipinski definition) is 3. The smallest absolute Gasteiger partial charge is 0.390 e. The van der Waals surface area contributed by atoms with E-state index in [2.05, 4.69) is 5.32 Å². The van der Waals surface area contributed by atoms with Crippen molar-refractivity contribution < 1.29 is 53.2 Å². The molecule has 0 spiro atoms. The number of carbonyl (C=O) groups is 6. The molecular formula is C31H47N3O11. The van der Waals surface area contributed by atoms with Crippen molar-refractivity contribution in [2.75, 3.05) is 39.3 Å². The molecule has 3 aliphatic heterocycles. The fourth-order valence-electron chi connectivity index (χ4n) is 6.87. The lowest BCUT2D eigenvalue weighted by molar-refractivity contribution is -0.258. The van der Waals surface area contributed by atoms with Crippen LogP contribution in [0.25, 0.3) is 0 Å². The Bertz CT molecular complexity index is 1060. The number of nitrogens with zero attached hydrogens (tertiary/aromatic N) is 2. The molecule has 0 aromatic heterocycles. The molecule has 4 bridgehead atoms. The number of Topliss-reactive ketones (excluding diaryl/α,β-unsaturated/α-hetero) is 2. The number of ether oxygens (including phenoxy) is 3. The van der Waals surface area contributed by atoms with Gasteiger partial charge in [-0.25, -0.2) is 0 Å². The van der Waals surface area contributed by atoms with Crippen molar-refractivity contribution in [1.29, 1.82) is 0 Å². The maximum absolute atomic E-state index is 13.1. The van der Waals surface area contributed by atoms with Crippen molar-refractivity contribution in [3.63, 3.8) is 0 Å². The second kappa shape index (κ2) is 16.6. The summed E-state index contributed by atoms with van der Waals surface area (Å²) in [7, 11) is 0. The van der Waals surface area contributed by atoms with Crippen LogP contribution in [0.5, 0.6) is 0 Å². The molecule has 1 aliphatic carbocycles. The average Bonchev–Trinajstić information content (AvgIpc) is 3.45. The summed E-state index contributed by atoms with van der Waals surface area (Å²) in [6, 6.07) is -0.809. The molecule has 7 atom stereocenters. The average molecular weight is 638 g/mol. The number of rotatable bonds is 9. The lowest BCUT2D eigenvalue weighted by Crippen LogP contribution is -2.47. The highest BCUT2D eigenvalue weighted by Gasteiger charge is 2.37. The van der Waals surface area contributed by atoms with E-state index in [1.165, 1.54) is 0 Å². The molecule has 1 amide bonds. The Kier molecular flexibility index (Phi) is 12.9. The van der Waals surface area contributed by atoms with E-state index in [-0.39, 0.29) is 68.1 Å². The van der Waals surface area contributed by atoms with Crippen molar-refractivity contribution >= 4 is 35.4 Å². The normalized spacial score (nSPS) is 31.0. The van der Waals surface area contributed by atoms with E-state index in [4.69, 9.17) is 14.2 Å². The Morgan fingerprint density at radius 1 is 0.822 bits per heavy atom. The van der Waals surface area contributed by atoms with Gasteiger partial charge in [0.1, 0.15) is 5.78 Å². The number of nitrogens with one attached hydrogen (secondary N) is 1. The van der Waals surface area contributed by atoms with Crippen LogP contribution in [0.1, 0.15) is 77.6 Å². The zero-order valence-electron chi connectivity index (χ0n) is 26.0. The van der Waals surface area contributed by atoms with E-state index in [1.54, 1.807) is 6.92 Å². The predicted octanol–water partition coefficient (Wildman–Crippen LogP) is 0.268. The highest BCUT2D eigenvalue weighted by atomic mass is 16.9. The standard InChI is InChI=1S/C31H47N3O11/c1-19(24(35)7-8-25(36)22-3-2-4-23(22)30(41)42)32-26(37)17-33-11-9-20-5-6-21-10-12-34(14-13-33)18-29(40)45-31(43-27(38)15-20)44-28(39)16-21/h19-23,30-31,41-42H,2-18H2,1H3,(H,32,37)/t19-,20?,21?,22?,23+,31?/m1/s1. The summed E-state index contributed by atoms with van der Waals surface area (Å²) in [4.78, 5) is 80.2. The Labute approximate surface area is 263 Å². The monoisotopic (exact) mass is 637 g/mol. The second-order valence-electron chi connectivity index (χ2n) is 12.9. The molecule has 252 valence electrons. The van der Waals surface area contributed by atoms with Crippen LogP contribution in [0.3, 0.4) is 0 Å². The van der Waals surface area contributed by atoms with Crippen molar-refractivity contribution in [3.8, 4) is 0 Å². The molecule has 4 fully saturated rings. The van der Waals surface area contributed by atoms with Crippen LogP contribution in [0.2, 0.25) is 0 Å². The van der Waals surface area contributed by atoms with E-state index >= 15 is 0 Å². The van der Waals surface area contributed by atoms with E-state index in [1.807, 2.05) is 9.80 Å². The lowest BCUT2D eigenvalue weighted by atomic mass is 9.87. The van der Waals surface area contributed by atoms with Crippen molar-refractivity contribution in [2.24, 2.45) is 23.7 Å². The number of carbonyl (C=O) groups excluding carboxylic acids is 6. The SMILES string of the molecule is C[C@@H](NC(=O)CN1CCC2CCC3CCN(CC1)CC(=O)OC(OC(=O)C2)OC(=O)C3)C(=O)CCC(=O)C1CCC[C@@H]1C(O)O. The first-order chi connectivity index (χ1) is 21.5. The fraction of sp³-hybridized carbons (Fsp3) is 0.806. The van der Waals surface area contributed by atoms with Gasteiger partial charge in [0.2, 0.25) is 5.91 Å². The first kappa shape index (κ1) is 34.9. The summed E-state index contributed by atoms with van der Waals surface area (Å²) in [6.45, 7) is 1.67. The second-order valence-corrected chi connectivity index (χ2v) is 12.9. The summed E-state index contributed by atoms with van der Waals surface area (Å²) in [5, 5.41) is 21.8. The number of hydrogen-bond acceptors (Lipinski definition) is 13. The van der Waals surface area contributed by atoms with Crippen LogP contribution in [-0.4, -0.2) is 113 Å². The number of esters is 3. The predicted molar refractivity (Wildman–Crippen MR) is 156 cm³/mol. The molecule has 14 nitrogen and oxygen atoms in total. The minimum atomic E-state index is -1.71. The van der Waals surface area contributed by atoms with Gasteiger partial charge in [-0.3, -0.25) is 38.6 Å². The molecule has 4 rings (SSSR count). The first-order valence-corrected chi connectivity index (χ1v) is 16.2. The van der Waals surface area contributed by atoms with Crippen LogP contribution >= 0.6 is 0 Å². The van der Waals surface area contributed by atoms with Gasteiger partial charge < -0.3 is 29.7 Å². The topological polar surface area (TPSA) is 189 Å². The largest absolute Gasteiger partial charge is 0.412 e. The van der Waals surface area contributed by atoms with Gasteiger partial charge in [-0.2, -0.15) is 0 Å². The molecule has 0 aromatic rings. The quantitative estimate of drug-likeness (QED) is 0.231. The van der Waals surface area contributed by atoms with Gasteiger partial charge in [0.15, 0.2) is 12.1 Å². The van der Waals surface area contributed by atoms with Gasteiger partial charge in [0, 0.05) is 50.6 Å². The molecule has 3 heterocycles. The van der Waals surface area contributed by atoms with Crippen molar-refractivity contribution in [1.82, 2.24) is 15.1 Å². The van der Waals surface area contributed by atoms with Crippen LogP contribution in [0, 0.1) is 23.7 Å². The minimum absolute atomic E-state index is 0.00279. The highest BCUT2D eigenvalue weighted by Crippen LogP contribution is 2.35. The van der Waals surface area contributed by atoms with Gasteiger partial charge in [0.05, 0.1) is 19.1 Å². The summed E-state index contributed by atoms with van der Waals surface area (Å²) in [5.41, 5.74) is 0. The van der Waals surface area contributed by atoms with E-state index in [0.29, 0.717) is 64.7 Å². The van der Waals surface area contributed by atoms with Crippen LogP contribution in [0.15, 0.2) is 0 Å². The molecule has 45 heavy (non-hydrogen) atoms. The number of aliphatic hydroxyl groups excluding tert-OH is 1. The number of ketones is 2. The van der Waals surface area contributed by atoms with Crippen LogP contribution < -0.4 is 5.32 Å². The Hall–Kier alpha value is -2.94. The highest BCUT2D eigenvalue weighted by molar-refractivity contribution is 5.92. The molecule has 0 radical (unpaired) electrons. The zero-order chi connectivity index (χ0) is 32.5. The molecule has 3 N–H and O–H groups in total. The van der Waals surface area contributed by atoms with E-state index in [0.717, 1.165) is 6.42 Å². The zero-order valence-corrected chi connectivity index (χ0v) is 26.0. The van der Waals surface area contributed by atoms with Gasteiger partial charge in [-0.1, -0.05) is 6.42 Å². The molecule has 1 saturated carbocycles. The maximum atomic E-state index is 13.1. The molecule has 14 heteroatoms. The first-order valence-electron chi connectivity index (χ1n) is 16.2. The number of amides is 1. The van der Waals surface area contributed by atoms with E-state index in [9.17, 15) is 39.0 Å². The number of aliphatic hydroxyl groups is 2. The molecule has 3 saturated heterocycles. The third-order valence-electron chi connectivity index (χ3n) is 9.58. The molecular weight excluding hydrogens is 590 g/mol. The van der Waals surface area contributed by atoms with Gasteiger partial charge in [0.25, 0.3) is 0 Å². The summed E-state index contributed by atoms with van der Waals surface area (Å²) < 4.78 is 15.6. The maximum Gasteiger partial charge on any atom is 0.412 e. The third kappa shape index (κ3) is 10.8. The molecule has 4 aliphatic rings. The fourth-order valence-corrected chi connectivity index (χ4v) is 6.87. The Morgan fingerprint density at radius 2 is 1.47 bits per heavy atom. The molecule has 5 unspecified atom stereocenters. The van der Waals surface area contributed by atoms with Crippen LogP contribution in [-0.2, 0) is 43.0 Å². The summed E-state index contributed by atoms with van der Waals surface area (Å²) in [5.74, 6) is -3.76. The summed E-state index contributed by atoms with van der Waals surface area (Å²) >= 11 is 0. The van der Waals surface area contributed by atoms with Gasteiger partial charge >= 0.3 is 24.4 Å². The van der Waals surface area contributed by atoms with Gasteiger partial charge in [-0.15, -0.1) is 0 Å². The van der Waals surface area contributed by atoms with Gasteiger partial charge in [-0.05, 0) is 70.4 Å². The minimum Gasteiger partial charge on any atom is -0.390 e.